The van der Waals surface area contributed by atoms with Gasteiger partial charge in [0.05, 0.1) is 16.6 Å². The summed E-state index contributed by atoms with van der Waals surface area (Å²) in [5.41, 5.74) is 3.05. The predicted octanol–water partition coefficient (Wildman–Crippen LogP) is 4.73. The molecule has 122 valence electrons. The molecule has 0 unspecified atom stereocenters. The molecule has 0 N–H and O–H groups in total. The maximum absolute atomic E-state index is 4.64. The van der Waals surface area contributed by atoms with Crippen molar-refractivity contribution in [3.8, 4) is 5.95 Å². The van der Waals surface area contributed by atoms with Crippen LogP contribution in [0.5, 0.6) is 0 Å². The molecule has 0 spiro atoms. The summed E-state index contributed by atoms with van der Waals surface area (Å²) >= 11 is 1.80. The van der Waals surface area contributed by atoms with Crippen molar-refractivity contribution in [1.29, 1.82) is 0 Å². The Morgan fingerprint density at radius 3 is 2.58 bits per heavy atom. The first-order valence-corrected chi connectivity index (χ1v) is 9.05. The second-order valence-electron chi connectivity index (χ2n) is 6.08. The first-order valence-electron chi connectivity index (χ1n) is 8.23. The molecule has 2 aromatic carbocycles. The van der Waals surface area contributed by atoms with E-state index in [0.29, 0.717) is 5.95 Å². The fraction of sp³-hybridized carbons (Fsp3) is 0. The highest BCUT2D eigenvalue weighted by Gasteiger charge is 2.19. The van der Waals surface area contributed by atoms with Gasteiger partial charge in [0, 0.05) is 31.8 Å². The molecular weight excluding hydrogens is 342 g/mol. The van der Waals surface area contributed by atoms with Gasteiger partial charge in [-0.2, -0.15) is 0 Å². The lowest BCUT2D eigenvalue weighted by molar-refractivity contribution is 0.941. The Bertz CT molecular complexity index is 1430. The Morgan fingerprint density at radius 1 is 0.769 bits per heavy atom. The van der Waals surface area contributed by atoms with Crippen LogP contribution in [-0.4, -0.2) is 24.5 Å². The predicted molar refractivity (Wildman–Crippen MR) is 105 cm³/mol. The Morgan fingerprint density at radius 2 is 1.65 bits per heavy atom. The van der Waals surface area contributed by atoms with Crippen LogP contribution in [0.3, 0.4) is 0 Å². The van der Waals surface area contributed by atoms with Gasteiger partial charge in [-0.1, -0.05) is 18.2 Å². The molecule has 6 aromatic rings. The van der Waals surface area contributed by atoms with Crippen LogP contribution in [0.25, 0.3) is 48.1 Å². The molecule has 0 aliphatic rings. The van der Waals surface area contributed by atoms with Crippen molar-refractivity contribution in [2.45, 2.75) is 0 Å². The molecular formula is C20H11N5S. The molecule has 5 nitrogen and oxygen atoms in total. The van der Waals surface area contributed by atoms with Crippen LogP contribution in [0.1, 0.15) is 0 Å². The molecule has 26 heavy (non-hydrogen) atoms. The van der Waals surface area contributed by atoms with Gasteiger partial charge in [-0.15, -0.1) is 11.3 Å². The maximum atomic E-state index is 4.64. The zero-order chi connectivity index (χ0) is 17.1. The van der Waals surface area contributed by atoms with Crippen molar-refractivity contribution in [1.82, 2.24) is 24.5 Å². The van der Waals surface area contributed by atoms with Crippen LogP contribution in [0, 0.1) is 0 Å². The highest BCUT2D eigenvalue weighted by atomic mass is 32.1. The normalized spacial score (nSPS) is 11.8. The van der Waals surface area contributed by atoms with E-state index in [1.165, 1.54) is 32.8 Å². The van der Waals surface area contributed by atoms with Crippen molar-refractivity contribution >= 4 is 53.4 Å². The number of pyridine rings is 1. The zero-order valence-electron chi connectivity index (χ0n) is 13.5. The van der Waals surface area contributed by atoms with Crippen molar-refractivity contribution < 1.29 is 0 Å². The molecule has 6 rings (SSSR count). The van der Waals surface area contributed by atoms with Crippen LogP contribution in [-0.2, 0) is 0 Å². The van der Waals surface area contributed by atoms with Gasteiger partial charge in [-0.25, -0.2) is 15.0 Å². The minimum absolute atomic E-state index is 0.607. The molecule has 4 aromatic heterocycles. The van der Waals surface area contributed by atoms with Gasteiger partial charge in [-0.05, 0) is 30.3 Å². The fourth-order valence-electron chi connectivity index (χ4n) is 3.68. The topological polar surface area (TPSA) is 56.5 Å². The molecule has 0 bridgehead atoms. The second kappa shape index (κ2) is 5.06. The van der Waals surface area contributed by atoms with E-state index in [2.05, 4.69) is 67.0 Å². The minimum Gasteiger partial charge on any atom is -0.275 e. The van der Waals surface area contributed by atoms with E-state index in [1.807, 2.05) is 12.3 Å². The summed E-state index contributed by atoms with van der Waals surface area (Å²) < 4.78 is 4.62. The lowest BCUT2D eigenvalue weighted by atomic mass is 10.1. The fourth-order valence-corrected chi connectivity index (χ4v) is 4.79. The monoisotopic (exact) mass is 353 g/mol. The second-order valence-corrected chi connectivity index (χ2v) is 7.16. The summed E-state index contributed by atoms with van der Waals surface area (Å²) in [6.45, 7) is 0. The van der Waals surface area contributed by atoms with Gasteiger partial charge in [0.25, 0.3) is 0 Å². The van der Waals surface area contributed by atoms with Crippen molar-refractivity contribution in [2.24, 2.45) is 0 Å². The summed E-state index contributed by atoms with van der Waals surface area (Å²) in [6, 6.07) is 16.9. The van der Waals surface area contributed by atoms with E-state index >= 15 is 0 Å². The minimum atomic E-state index is 0.607. The largest absolute Gasteiger partial charge is 0.275 e. The summed E-state index contributed by atoms with van der Waals surface area (Å²) in [7, 11) is 0. The van der Waals surface area contributed by atoms with Crippen molar-refractivity contribution in [2.75, 3.05) is 0 Å². The lowest BCUT2D eigenvalue weighted by Crippen LogP contribution is -2.00. The van der Waals surface area contributed by atoms with Gasteiger partial charge < -0.3 is 0 Å². The maximum Gasteiger partial charge on any atom is 0.237 e. The summed E-state index contributed by atoms with van der Waals surface area (Å²) in [5.74, 6) is 0.607. The van der Waals surface area contributed by atoms with E-state index in [0.717, 1.165) is 21.9 Å². The Balaban J connectivity index is 1.96. The molecule has 0 aliphatic heterocycles. The van der Waals surface area contributed by atoms with E-state index in [9.17, 15) is 0 Å². The molecule has 0 atom stereocenters. The first-order chi connectivity index (χ1) is 12.9. The Hall–Kier alpha value is -3.38. The van der Waals surface area contributed by atoms with E-state index in [4.69, 9.17) is 0 Å². The van der Waals surface area contributed by atoms with Crippen LogP contribution in [0.2, 0.25) is 0 Å². The van der Waals surface area contributed by atoms with Gasteiger partial charge in [0.15, 0.2) is 0 Å². The Kier molecular flexibility index (Phi) is 2.70. The summed E-state index contributed by atoms with van der Waals surface area (Å²) in [4.78, 5) is 17.4. The number of benzene rings is 2. The molecule has 0 fully saturated rings. The highest BCUT2D eigenvalue weighted by Crippen LogP contribution is 2.41. The van der Waals surface area contributed by atoms with Gasteiger partial charge in [0.1, 0.15) is 12.7 Å². The standard InChI is InChI=1S/C20H11N5S/c1-2-6-15-12(4-1)17-16(26-15)8-7-13-18-14(5-3-9-22-18)25(19(13)17)20-23-10-21-11-24-20/h1-11H. The smallest absolute Gasteiger partial charge is 0.237 e. The average molecular weight is 353 g/mol. The molecule has 0 saturated heterocycles. The lowest BCUT2D eigenvalue weighted by Gasteiger charge is -2.05. The highest BCUT2D eigenvalue weighted by molar-refractivity contribution is 7.26. The number of thiophene rings is 1. The number of aromatic nitrogens is 5. The van der Waals surface area contributed by atoms with Crippen molar-refractivity contribution in [3.63, 3.8) is 0 Å². The van der Waals surface area contributed by atoms with Crippen LogP contribution >= 0.6 is 11.3 Å². The van der Waals surface area contributed by atoms with E-state index in [-0.39, 0.29) is 0 Å². The van der Waals surface area contributed by atoms with E-state index < -0.39 is 0 Å². The van der Waals surface area contributed by atoms with Gasteiger partial charge >= 0.3 is 0 Å². The van der Waals surface area contributed by atoms with Crippen LogP contribution in [0.15, 0.2) is 67.4 Å². The number of nitrogens with zero attached hydrogens (tertiary/aromatic N) is 5. The number of fused-ring (bicyclic) bond motifs is 7. The van der Waals surface area contributed by atoms with Crippen LogP contribution in [0.4, 0.5) is 0 Å². The quantitative estimate of drug-likeness (QED) is 0.429. The van der Waals surface area contributed by atoms with Gasteiger partial charge in [-0.3, -0.25) is 9.55 Å². The molecule has 0 amide bonds. The van der Waals surface area contributed by atoms with E-state index in [1.54, 1.807) is 11.3 Å². The summed E-state index contributed by atoms with van der Waals surface area (Å²) in [5, 5.41) is 3.58. The zero-order valence-corrected chi connectivity index (χ0v) is 14.3. The number of rotatable bonds is 1. The van der Waals surface area contributed by atoms with Gasteiger partial charge in [0.2, 0.25) is 5.95 Å². The third-order valence-electron chi connectivity index (χ3n) is 4.70. The van der Waals surface area contributed by atoms with Crippen LogP contribution < -0.4 is 0 Å². The SMILES string of the molecule is c1ccc2c(c1)sc1ccc3c4ncccc4n(-c4ncncn4)c3c12. The Labute approximate surface area is 151 Å². The van der Waals surface area contributed by atoms with Crippen molar-refractivity contribution in [3.05, 3.63) is 67.4 Å². The third kappa shape index (κ3) is 1.74. The number of hydrogen-bond acceptors (Lipinski definition) is 5. The average Bonchev–Trinajstić information content (AvgIpc) is 3.24. The summed E-state index contributed by atoms with van der Waals surface area (Å²) in [6.07, 6.45) is 4.89. The number of hydrogen-bond donors (Lipinski definition) is 0. The first kappa shape index (κ1) is 13.9. The molecule has 0 radical (unpaired) electrons. The third-order valence-corrected chi connectivity index (χ3v) is 5.84. The molecule has 0 aliphatic carbocycles. The molecule has 6 heteroatoms. The molecule has 0 saturated carbocycles. The molecule has 4 heterocycles.